The monoisotopic (exact) mass is 124 g/mol. The molecule has 3 nitrogen and oxygen atoms in total. The first-order valence-corrected chi connectivity index (χ1v) is 3.76. The fraction of sp³-hybridized carbons (Fsp3) is 1.00. The van der Waals surface area contributed by atoms with E-state index < -0.39 is 7.60 Å². The Morgan fingerprint density at radius 3 is 2.29 bits per heavy atom. The SMILES string of the molecule is CCP(=O)(O)OC. The van der Waals surface area contributed by atoms with Crippen LogP contribution in [-0.4, -0.2) is 18.2 Å². The lowest BCUT2D eigenvalue weighted by molar-refractivity contribution is 0.317. The molecule has 4 heteroatoms. The zero-order valence-corrected chi connectivity index (χ0v) is 5.31. The molecule has 0 aliphatic rings. The van der Waals surface area contributed by atoms with Crippen molar-refractivity contribution in [3.05, 3.63) is 0 Å². The Balaban J connectivity index is 3.61. The van der Waals surface area contributed by atoms with Crippen molar-refractivity contribution in [3.8, 4) is 0 Å². The van der Waals surface area contributed by atoms with E-state index in [1.54, 1.807) is 6.92 Å². The smallest absolute Gasteiger partial charge is 0.324 e. The summed E-state index contributed by atoms with van der Waals surface area (Å²) in [5, 5.41) is 0. The summed E-state index contributed by atoms with van der Waals surface area (Å²) >= 11 is 0. The van der Waals surface area contributed by atoms with Crippen molar-refractivity contribution in [2.45, 2.75) is 6.92 Å². The Hall–Kier alpha value is 0.150. The maximum absolute atomic E-state index is 10.3. The van der Waals surface area contributed by atoms with Crippen LogP contribution in [0.4, 0.5) is 0 Å². The van der Waals surface area contributed by atoms with Crippen LogP contribution in [0.25, 0.3) is 0 Å². The second-order valence-electron chi connectivity index (χ2n) is 1.14. The summed E-state index contributed by atoms with van der Waals surface area (Å²) in [6, 6.07) is 0. The molecule has 0 radical (unpaired) electrons. The van der Waals surface area contributed by atoms with Gasteiger partial charge in [-0.3, -0.25) is 4.57 Å². The standard InChI is InChI=1S/C3H9O3P/c1-3-7(4,5)6-2/h3H2,1-2H3,(H,4,5). The summed E-state index contributed by atoms with van der Waals surface area (Å²) in [5.74, 6) is 0. The summed E-state index contributed by atoms with van der Waals surface area (Å²) < 4.78 is 14.5. The quantitative estimate of drug-likeness (QED) is 0.555. The molecule has 0 saturated carbocycles. The summed E-state index contributed by atoms with van der Waals surface area (Å²) in [7, 11) is -1.93. The van der Waals surface area contributed by atoms with Crippen LogP contribution in [0.1, 0.15) is 6.92 Å². The minimum atomic E-state index is -3.15. The molecule has 0 spiro atoms. The van der Waals surface area contributed by atoms with Crippen LogP contribution in [0.5, 0.6) is 0 Å². The highest BCUT2D eigenvalue weighted by Gasteiger charge is 2.10. The van der Waals surface area contributed by atoms with E-state index in [-0.39, 0.29) is 6.16 Å². The van der Waals surface area contributed by atoms with E-state index in [2.05, 4.69) is 4.52 Å². The molecule has 0 aromatic rings. The maximum Gasteiger partial charge on any atom is 0.327 e. The fourth-order valence-corrected chi connectivity index (χ4v) is 0.387. The summed E-state index contributed by atoms with van der Waals surface area (Å²) in [5.41, 5.74) is 0. The van der Waals surface area contributed by atoms with Crippen LogP contribution < -0.4 is 0 Å². The van der Waals surface area contributed by atoms with E-state index in [0.29, 0.717) is 0 Å². The molecule has 0 fully saturated rings. The average molecular weight is 124 g/mol. The molecular formula is C3H9O3P. The van der Waals surface area contributed by atoms with Gasteiger partial charge in [0.25, 0.3) is 0 Å². The Morgan fingerprint density at radius 2 is 2.29 bits per heavy atom. The van der Waals surface area contributed by atoms with Gasteiger partial charge in [0.05, 0.1) is 0 Å². The van der Waals surface area contributed by atoms with E-state index in [1.165, 1.54) is 7.11 Å². The molecule has 44 valence electrons. The summed E-state index contributed by atoms with van der Waals surface area (Å²) in [6.45, 7) is 1.60. The van der Waals surface area contributed by atoms with Crippen LogP contribution in [0.3, 0.4) is 0 Å². The van der Waals surface area contributed by atoms with Crippen molar-refractivity contribution >= 4 is 7.60 Å². The summed E-state index contributed by atoms with van der Waals surface area (Å²) in [4.78, 5) is 8.47. The third-order valence-corrected chi connectivity index (χ3v) is 2.05. The van der Waals surface area contributed by atoms with Gasteiger partial charge in [-0.25, -0.2) is 0 Å². The van der Waals surface area contributed by atoms with Gasteiger partial charge in [-0.15, -0.1) is 0 Å². The van der Waals surface area contributed by atoms with Crippen LogP contribution in [0, 0.1) is 0 Å². The lowest BCUT2D eigenvalue weighted by Crippen LogP contribution is -1.83. The highest BCUT2D eigenvalue weighted by atomic mass is 31.2. The van der Waals surface area contributed by atoms with Gasteiger partial charge in [0.2, 0.25) is 0 Å². The molecule has 0 heterocycles. The van der Waals surface area contributed by atoms with Crippen molar-refractivity contribution < 1.29 is 14.0 Å². The van der Waals surface area contributed by atoms with E-state index in [1.807, 2.05) is 0 Å². The van der Waals surface area contributed by atoms with E-state index in [0.717, 1.165) is 0 Å². The van der Waals surface area contributed by atoms with Crippen molar-refractivity contribution in [3.63, 3.8) is 0 Å². The highest BCUT2D eigenvalue weighted by Crippen LogP contribution is 2.39. The van der Waals surface area contributed by atoms with Crippen molar-refractivity contribution in [2.24, 2.45) is 0 Å². The third-order valence-electron chi connectivity index (χ3n) is 0.685. The second-order valence-corrected chi connectivity index (χ2v) is 3.41. The molecule has 0 aromatic carbocycles. The third kappa shape index (κ3) is 2.80. The largest absolute Gasteiger partial charge is 0.327 e. The van der Waals surface area contributed by atoms with Gasteiger partial charge in [-0.2, -0.15) is 0 Å². The Morgan fingerprint density at radius 1 is 1.86 bits per heavy atom. The molecular weight excluding hydrogens is 115 g/mol. The maximum atomic E-state index is 10.3. The van der Waals surface area contributed by atoms with Crippen molar-refractivity contribution in [2.75, 3.05) is 13.3 Å². The Labute approximate surface area is 42.8 Å². The topological polar surface area (TPSA) is 46.5 Å². The predicted molar refractivity (Wildman–Crippen MR) is 27.4 cm³/mol. The zero-order valence-electron chi connectivity index (χ0n) is 4.42. The van der Waals surface area contributed by atoms with E-state index in [9.17, 15) is 4.57 Å². The molecule has 0 aliphatic heterocycles. The van der Waals surface area contributed by atoms with Crippen molar-refractivity contribution in [1.29, 1.82) is 0 Å². The first-order chi connectivity index (χ1) is 3.12. The predicted octanol–water partition coefficient (Wildman–Crippen LogP) is 0.838. The molecule has 0 aromatic heterocycles. The van der Waals surface area contributed by atoms with Gasteiger partial charge in [0.15, 0.2) is 0 Å². The zero-order chi connectivity index (χ0) is 5.91. The molecule has 1 atom stereocenters. The normalized spacial score (nSPS) is 18.7. The minimum Gasteiger partial charge on any atom is -0.324 e. The van der Waals surface area contributed by atoms with Crippen LogP contribution >= 0.6 is 7.60 Å². The van der Waals surface area contributed by atoms with Crippen LogP contribution in [0.15, 0.2) is 0 Å². The van der Waals surface area contributed by atoms with Gasteiger partial charge in [0, 0.05) is 13.3 Å². The minimum absolute atomic E-state index is 0.184. The van der Waals surface area contributed by atoms with Crippen LogP contribution in [0.2, 0.25) is 0 Å². The fourth-order valence-electron chi connectivity index (χ4n) is 0.129. The van der Waals surface area contributed by atoms with Gasteiger partial charge in [0.1, 0.15) is 0 Å². The molecule has 7 heavy (non-hydrogen) atoms. The Bertz CT molecular complexity index is 82.2. The molecule has 1 unspecified atom stereocenters. The Kier molecular flexibility index (Phi) is 2.51. The molecule has 0 amide bonds. The first kappa shape index (κ1) is 7.15. The highest BCUT2D eigenvalue weighted by molar-refractivity contribution is 7.52. The number of hydrogen-bond donors (Lipinski definition) is 1. The molecule has 0 rings (SSSR count). The van der Waals surface area contributed by atoms with Gasteiger partial charge < -0.3 is 9.42 Å². The lowest BCUT2D eigenvalue weighted by atomic mass is 11.0. The van der Waals surface area contributed by atoms with Gasteiger partial charge >= 0.3 is 7.60 Å². The number of rotatable bonds is 2. The van der Waals surface area contributed by atoms with E-state index in [4.69, 9.17) is 4.89 Å². The number of hydrogen-bond acceptors (Lipinski definition) is 2. The molecule has 0 saturated heterocycles. The average Bonchev–Trinajstić information content (AvgIpc) is 1.68. The lowest BCUT2D eigenvalue weighted by Gasteiger charge is -2.01. The molecule has 0 aliphatic carbocycles. The van der Waals surface area contributed by atoms with Gasteiger partial charge in [-0.05, 0) is 0 Å². The van der Waals surface area contributed by atoms with Crippen LogP contribution in [-0.2, 0) is 9.09 Å². The molecule has 0 bridgehead atoms. The van der Waals surface area contributed by atoms with Crippen molar-refractivity contribution in [1.82, 2.24) is 0 Å². The first-order valence-electron chi connectivity index (χ1n) is 2.00. The van der Waals surface area contributed by atoms with E-state index >= 15 is 0 Å². The van der Waals surface area contributed by atoms with Gasteiger partial charge in [-0.1, -0.05) is 6.92 Å². The molecule has 1 N–H and O–H groups in total. The second kappa shape index (κ2) is 2.46. The summed E-state index contributed by atoms with van der Waals surface area (Å²) in [6.07, 6.45) is 0.184.